The highest BCUT2D eigenvalue weighted by molar-refractivity contribution is 5.31. The first kappa shape index (κ1) is 27.8. The SMILES string of the molecule is CCCCCCCCCCCCCCCCNc1ccn([C@@H]2O[C@H](CO)[C@@H](O)[C@H]2O)c(=O)n1. The van der Waals surface area contributed by atoms with Gasteiger partial charge in [0.2, 0.25) is 0 Å². The van der Waals surface area contributed by atoms with Crippen molar-refractivity contribution in [1.82, 2.24) is 9.55 Å². The van der Waals surface area contributed by atoms with Gasteiger partial charge in [0.15, 0.2) is 6.23 Å². The van der Waals surface area contributed by atoms with Crippen LogP contribution < -0.4 is 11.0 Å². The highest BCUT2D eigenvalue weighted by Crippen LogP contribution is 2.28. The lowest BCUT2D eigenvalue weighted by molar-refractivity contribution is -0.0549. The zero-order valence-corrected chi connectivity index (χ0v) is 20.3. The van der Waals surface area contributed by atoms with E-state index in [1.54, 1.807) is 6.07 Å². The molecule has 0 unspecified atom stereocenters. The lowest BCUT2D eigenvalue weighted by Gasteiger charge is -2.17. The Balaban J connectivity index is 1.51. The standard InChI is InChI=1S/C25H45N3O5/c1-2-3-4-5-6-7-8-9-10-11-12-13-14-15-17-26-21-16-18-28(25(32)27-21)24-23(31)22(30)20(19-29)33-24/h16,18,20,22-24,29-31H,2-15,17,19H2,1H3,(H,26,27,32)/t20-,22-,23-,24-/m1/s1. The molecule has 190 valence electrons. The highest BCUT2D eigenvalue weighted by Gasteiger charge is 2.43. The number of nitrogens with zero attached hydrogens (tertiary/aromatic N) is 2. The van der Waals surface area contributed by atoms with E-state index in [4.69, 9.17) is 4.74 Å². The van der Waals surface area contributed by atoms with Gasteiger partial charge in [-0.15, -0.1) is 0 Å². The molecule has 33 heavy (non-hydrogen) atoms. The number of unbranched alkanes of at least 4 members (excludes halogenated alkanes) is 13. The first-order chi connectivity index (χ1) is 16.1. The molecular formula is C25H45N3O5. The zero-order valence-electron chi connectivity index (χ0n) is 20.3. The summed E-state index contributed by atoms with van der Waals surface area (Å²) >= 11 is 0. The molecule has 1 aliphatic heterocycles. The van der Waals surface area contributed by atoms with Gasteiger partial charge in [0, 0.05) is 12.7 Å². The van der Waals surface area contributed by atoms with Crippen LogP contribution in [-0.4, -0.2) is 56.3 Å². The average molecular weight is 468 g/mol. The van der Waals surface area contributed by atoms with Gasteiger partial charge in [0.25, 0.3) is 0 Å². The van der Waals surface area contributed by atoms with E-state index in [2.05, 4.69) is 17.2 Å². The van der Waals surface area contributed by atoms with Crippen LogP contribution in [0.25, 0.3) is 0 Å². The van der Waals surface area contributed by atoms with Gasteiger partial charge in [0.1, 0.15) is 24.1 Å². The molecule has 1 aliphatic rings. The van der Waals surface area contributed by atoms with Crippen LogP contribution in [0.4, 0.5) is 5.82 Å². The number of hydrogen-bond acceptors (Lipinski definition) is 7. The summed E-state index contributed by atoms with van der Waals surface area (Å²) in [6.45, 7) is 2.58. The van der Waals surface area contributed by atoms with Gasteiger partial charge in [0.05, 0.1) is 6.61 Å². The van der Waals surface area contributed by atoms with Crippen LogP contribution >= 0.6 is 0 Å². The lowest BCUT2D eigenvalue weighted by atomic mass is 10.0. The zero-order chi connectivity index (χ0) is 23.9. The molecule has 8 heteroatoms. The predicted octanol–water partition coefficient (Wildman–Crippen LogP) is 3.75. The quantitative estimate of drug-likeness (QED) is 0.243. The van der Waals surface area contributed by atoms with E-state index in [0.29, 0.717) is 5.82 Å². The molecule has 0 amide bonds. The van der Waals surface area contributed by atoms with Crippen LogP contribution in [0.15, 0.2) is 17.1 Å². The summed E-state index contributed by atoms with van der Waals surface area (Å²) in [5, 5.41) is 32.3. The Kier molecular flexibility index (Phi) is 13.6. The van der Waals surface area contributed by atoms with E-state index in [0.717, 1.165) is 24.0 Å². The van der Waals surface area contributed by atoms with Crippen LogP contribution in [0.5, 0.6) is 0 Å². The van der Waals surface area contributed by atoms with Crippen LogP contribution in [0.1, 0.15) is 103 Å². The number of aromatic nitrogens is 2. The Labute approximate surface area is 198 Å². The Bertz CT molecular complexity index is 699. The van der Waals surface area contributed by atoms with Crippen molar-refractivity contribution < 1.29 is 20.1 Å². The van der Waals surface area contributed by atoms with Crippen molar-refractivity contribution in [1.29, 1.82) is 0 Å². The topological polar surface area (TPSA) is 117 Å². The Morgan fingerprint density at radius 1 is 0.909 bits per heavy atom. The summed E-state index contributed by atoms with van der Waals surface area (Å²) in [5.74, 6) is 0.484. The van der Waals surface area contributed by atoms with Crippen LogP contribution in [0.2, 0.25) is 0 Å². The van der Waals surface area contributed by atoms with Gasteiger partial charge in [-0.25, -0.2) is 4.79 Å². The minimum atomic E-state index is -1.30. The van der Waals surface area contributed by atoms with E-state index in [1.165, 1.54) is 83.2 Å². The van der Waals surface area contributed by atoms with E-state index in [9.17, 15) is 20.1 Å². The summed E-state index contributed by atoms with van der Waals surface area (Å²) in [4.78, 5) is 16.3. The summed E-state index contributed by atoms with van der Waals surface area (Å²) in [6, 6.07) is 1.65. The van der Waals surface area contributed by atoms with Crippen molar-refractivity contribution in [3.63, 3.8) is 0 Å². The van der Waals surface area contributed by atoms with E-state index in [-0.39, 0.29) is 0 Å². The second-order valence-corrected chi connectivity index (χ2v) is 9.25. The predicted molar refractivity (Wildman–Crippen MR) is 130 cm³/mol. The minimum Gasteiger partial charge on any atom is -0.394 e. The molecule has 0 saturated carbocycles. The Morgan fingerprint density at radius 3 is 1.94 bits per heavy atom. The third-order valence-electron chi connectivity index (χ3n) is 6.46. The molecule has 0 aliphatic carbocycles. The fourth-order valence-electron chi connectivity index (χ4n) is 4.35. The molecule has 0 spiro atoms. The second-order valence-electron chi connectivity index (χ2n) is 9.25. The van der Waals surface area contributed by atoms with E-state index >= 15 is 0 Å². The normalized spacial score (nSPS) is 22.7. The number of aliphatic hydroxyl groups is 3. The minimum absolute atomic E-state index is 0.435. The third kappa shape index (κ3) is 9.73. The largest absolute Gasteiger partial charge is 0.394 e. The van der Waals surface area contributed by atoms with Crippen molar-refractivity contribution in [3.8, 4) is 0 Å². The summed E-state index contributed by atoms with van der Waals surface area (Å²) in [7, 11) is 0. The molecule has 1 fully saturated rings. The van der Waals surface area contributed by atoms with Crippen molar-refractivity contribution in [2.45, 2.75) is 121 Å². The van der Waals surface area contributed by atoms with Gasteiger partial charge in [-0.3, -0.25) is 4.57 Å². The van der Waals surface area contributed by atoms with Gasteiger partial charge >= 0.3 is 5.69 Å². The molecule has 4 atom stereocenters. The molecule has 1 aromatic heterocycles. The molecule has 4 N–H and O–H groups in total. The fourth-order valence-corrected chi connectivity index (χ4v) is 4.35. The molecule has 0 aromatic carbocycles. The Hall–Kier alpha value is -1.48. The lowest BCUT2D eigenvalue weighted by Crippen LogP contribution is -2.36. The molecule has 2 rings (SSSR count). The van der Waals surface area contributed by atoms with Gasteiger partial charge in [-0.05, 0) is 12.5 Å². The molecule has 2 heterocycles. The van der Waals surface area contributed by atoms with Crippen molar-refractivity contribution >= 4 is 5.82 Å². The fraction of sp³-hybridized carbons (Fsp3) is 0.840. The number of ether oxygens (including phenoxy) is 1. The number of aliphatic hydroxyl groups excluding tert-OH is 3. The number of rotatable bonds is 18. The van der Waals surface area contributed by atoms with Gasteiger partial charge < -0.3 is 25.4 Å². The van der Waals surface area contributed by atoms with Crippen molar-refractivity contribution in [2.24, 2.45) is 0 Å². The van der Waals surface area contributed by atoms with E-state index in [1.807, 2.05) is 0 Å². The maximum atomic E-state index is 12.3. The third-order valence-corrected chi connectivity index (χ3v) is 6.46. The van der Waals surface area contributed by atoms with Crippen LogP contribution in [0, 0.1) is 0 Å². The molecular weight excluding hydrogens is 422 g/mol. The maximum absolute atomic E-state index is 12.3. The molecule has 8 nitrogen and oxygen atoms in total. The first-order valence-corrected chi connectivity index (χ1v) is 13.0. The molecule has 0 bridgehead atoms. The number of nitrogens with one attached hydrogen (secondary N) is 1. The molecule has 1 saturated heterocycles. The summed E-state index contributed by atoms with van der Waals surface area (Å²) < 4.78 is 6.52. The first-order valence-electron chi connectivity index (χ1n) is 13.0. The monoisotopic (exact) mass is 467 g/mol. The van der Waals surface area contributed by atoms with Gasteiger partial charge in [-0.1, -0.05) is 90.4 Å². The maximum Gasteiger partial charge on any atom is 0.351 e. The number of anilines is 1. The van der Waals surface area contributed by atoms with Crippen LogP contribution in [0.3, 0.4) is 0 Å². The molecule has 1 aromatic rings. The highest BCUT2D eigenvalue weighted by atomic mass is 16.6. The summed E-state index contributed by atoms with van der Waals surface area (Å²) in [5.41, 5.74) is -0.573. The number of hydrogen-bond donors (Lipinski definition) is 4. The Morgan fingerprint density at radius 2 is 1.45 bits per heavy atom. The van der Waals surface area contributed by atoms with Crippen LogP contribution in [-0.2, 0) is 4.74 Å². The van der Waals surface area contributed by atoms with Crippen molar-refractivity contribution in [3.05, 3.63) is 22.7 Å². The van der Waals surface area contributed by atoms with Crippen molar-refractivity contribution in [2.75, 3.05) is 18.5 Å². The van der Waals surface area contributed by atoms with E-state index < -0.39 is 36.8 Å². The second kappa shape index (κ2) is 16.2. The smallest absolute Gasteiger partial charge is 0.351 e. The average Bonchev–Trinajstić information content (AvgIpc) is 3.10. The summed E-state index contributed by atoms with van der Waals surface area (Å²) in [6.07, 6.45) is 15.4. The molecule has 0 radical (unpaired) electrons. The van der Waals surface area contributed by atoms with Gasteiger partial charge in [-0.2, -0.15) is 4.98 Å².